The number of nitrogens with one attached hydrogen (secondary N) is 1. The Labute approximate surface area is 163 Å². The van der Waals surface area contributed by atoms with Gasteiger partial charge in [-0.3, -0.25) is 9.59 Å². The van der Waals surface area contributed by atoms with Crippen molar-refractivity contribution < 1.29 is 24.2 Å². The van der Waals surface area contributed by atoms with Crippen LogP contribution in [0.15, 0.2) is 42.5 Å². The molecular weight excluding hydrogens is 360 g/mol. The van der Waals surface area contributed by atoms with Crippen LogP contribution in [0.1, 0.15) is 28.4 Å². The molecule has 0 bridgehead atoms. The summed E-state index contributed by atoms with van der Waals surface area (Å²) < 4.78 is 4.95. The number of likely N-dealkylation sites (N-methyl/N-ethyl adjacent to an activating group) is 1. The third-order valence-corrected chi connectivity index (χ3v) is 4.18. The number of nitrogens with zero attached hydrogens (tertiary/aromatic N) is 1. The molecule has 0 unspecified atom stereocenters. The van der Waals surface area contributed by atoms with Crippen LogP contribution in [0.5, 0.6) is 5.75 Å². The molecule has 0 aliphatic rings. The van der Waals surface area contributed by atoms with Gasteiger partial charge in [-0.1, -0.05) is 31.2 Å². The average Bonchev–Trinajstić information content (AvgIpc) is 2.66. The maximum atomic E-state index is 12.2. The fourth-order valence-electron chi connectivity index (χ4n) is 2.57. The Hall–Kier alpha value is -3.35. The average molecular weight is 384 g/mol. The summed E-state index contributed by atoms with van der Waals surface area (Å²) in [5.41, 5.74) is 2.48. The third kappa shape index (κ3) is 5.57. The zero-order chi connectivity index (χ0) is 20.7. The van der Waals surface area contributed by atoms with Crippen LogP contribution in [0.4, 0.5) is 5.69 Å². The number of hydrogen-bond donors (Lipinski definition) is 2. The van der Waals surface area contributed by atoms with Crippen molar-refractivity contribution in [2.24, 2.45) is 0 Å². The molecule has 7 heteroatoms. The Balaban J connectivity index is 1.86. The third-order valence-electron chi connectivity index (χ3n) is 4.18. The predicted octanol–water partition coefficient (Wildman–Crippen LogP) is 2.52. The van der Waals surface area contributed by atoms with Crippen molar-refractivity contribution in [3.8, 4) is 5.75 Å². The number of carbonyl (C=O) groups excluding carboxylic acids is 3. The van der Waals surface area contributed by atoms with E-state index in [0.29, 0.717) is 5.69 Å². The topological polar surface area (TPSA) is 95.9 Å². The lowest BCUT2D eigenvalue weighted by molar-refractivity contribution is -0.136. The molecule has 2 rings (SSSR count). The van der Waals surface area contributed by atoms with Crippen LogP contribution in [-0.4, -0.2) is 48.0 Å². The van der Waals surface area contributed by atoms with Crippen LogP contribution in [0, 0.1) is 6.92 Å². The zero-order valence-corrected chi connectivity index (χ0v) is 16.2. The molecule has 0 radical (unpaired) electrons. The number of para-hydroxylation sites is 1. The summed E-state index contributed by atoms with van der Waals surface area (Å²) in [5.74, 6) is -1.89. The lowest BCUT2D eigenvalue weighted by atomic mass is 10.1. The van der Waals surface area contributed by atoms with Gasteiger partial charge in [-0.05, 0) is 42.7 Å². The van der Waals surface area contributed by atoms with Gasteiger partial charge in [-0.25, -0.2) is 4.79 Å². The first-order valence-electron chi connectivity index (χ1n) is 8.90. The number of phenolic OH excluding ortho intramolecular Hbond substituents is 1. The van der Waals surface area contributed by atoms with Crippen molar-refractivity contribution >= 4 is 23.5 Å². The summed E-state index contributed by atoms with van der Waals surface area (Å²) in [7, 11) is 1.45. The number of carbonyl (C=O) groups is 3. The fraction of sp³-hybridized carbons (Fsp3) is 0.286. The van der Waals surface area contributed by atoms with E-state index < -0.39 is 18.5 Å². The van der Waals surface area contributed by atoms with Crippen molar-refractivity contribution in [1.29, 1.82) is 0 Å². The Morgan fingerprint density at radius 3 is 2.54 bits per heavy atom. The van der Waals surface area contributed by atoms with Crippen LogP contribution in [0.25, 0.3) is 0 Å². The Morgan fingerprint density at radius 2 is 1.86 bits per heavy atom. The Morgan fingerprint density at radius 1 is 1.14 bits per heavy atom. The molecule has 0 heterocycles. The molecule has 0 aliphatic carbocycles. The highest BCUT2D eigenvalue weighted by atomic mass is 16.5. The van der Waals surface area contributed by atoms with Gasteiger partial charge in [-0.15, -0.1) is 0 Å². The molecule has 0 saturated heterocycles. The highest BCUT2D eigenvalue weighted by molar-refractivity contribution is 5.96. The molecule has 0 aromatic heterocycles. The second-order valence-corrected chi connectivity index (χ2v) is 6.41. The van der Waals surface area contributed by atoms with Crippen molar-refractivity contribution in [3.63, 3.8) is 0 Å². The second-order valence-electron chi connectivity index (χ2n) is 6.41. The first-order valence-corrected chi connectivity index (χ1v) is 8.90. The number of aryl methyl sites for hydroxylation is 2. The second kappa shape index (κ2) is 9.55. The molecule has 2 amide bonds. The maximum Gasteiger partial charge on any atom is 0.342 e. The van der Waals surface area contributed by atoms with Gasteiger partial charge in [-0.2, -0.15) is 0 Å². The summed E-state index contributed by atoms with van der Waals surface area (Å²) in [6, 6.07) is 12.0. The SMILES string of the molecule is CCc1ccccc1NC(=O)CN(C)C(=O)COC(=O)c1ccc(C)cc1O. The monoisotopic (exact) mass is 384 g/mol. The van der Waals surface area contributed by atoms with E-state index in [1.54, 1.807) is 19.1 Å². The highest BCUT2D eigenvalue weighted by Gasteiger charge is 2.18. The van der Waals surface area contributed by atoms with Gasteiger partial charge in [0.2, 0.25) is 5.91 Å². The lowest BCUT2D eigenvalue weighted by Gasteiger charge is -2.17. The van der Waals surface area contributed by atoms with Crippen LogP contribution >= 0.6 is 0 Å². The first kappa shape index (κ1) is 21.0. The molecular formula is C21H24N2O5. The van der Waals surface area contributed by atoms with E-state index in [2.05, 4.69) is 5.32 Å². The quantitative estimate of drug-likeness (QED) is 0.715. The Bertz CT molecular complexity index is 879. The number of esters is 1. The van der Waals surface area contributed by atoms with Crippen LogP contribution < -0.4 is 5.32 Å². The van der Waals surface area contributed by atoms with Gasteiger partial charge in [0, 0.05) is 12.7 Å². The molecule has 0 fully saturated rings. The minimum Gasteiger partial charge on any atom is -0.507 e. The van der Waals surface area contributed by atoms with Gasteiger partial charge in [0.1, 0.15) is 11.3 Å². The summed E-state index contributed by atoms with van der Waals surface area (Å²) in [6.07, 6.45) is 0.771. The predicted molar refractivity (Wildman–Crippen MR) is 105 cm³/mol. The largest absolute Gasteiger partial charge is 0.507 e. The van der Waals surface area contributed by atoms with E-state index in [0.717, 1.165) is 17.5 Å². The van der Waals surface area contributed by atoms with E-state index in [-0.39, 0.29) is 23.8 Å². The highest BCUT2D eigenvalue weighted by Crippen LogP contribution is 2.19. The van der Waals surface area contributed by atoms with Crippen molar-refractivity contribution in [2.45, 2.75) is 20.3 Å². The van der Waals surface area contributed by atoms with Crippen LogP contribution in [0.2, 0.25) is 0 Å². The molecule has 7 nitrogen and oxygen atoms in total. The van der Waals surface area contributed by atoms with Gasteiger partial charge in [0.05, 0.1) is 6.54 Å². The molecule has 2 N–H and O–H groups in total. The molecule has 0 aliphatic heterocycles. The number of hydrogen-bond acceptors (Lipinski definition) is 5. The summed E-state index contributed by atoms with van der Waals surface area (Å²) in [4.78, 5) is 37.5. The minimum absolute atomic E-state index is 0.0185. The number of benzene rings is 2. The summed E-state index contributed by atoms with van der Waals surface area (Å²) >= 11 is 0. The standard InChI is InChI=1S/C21H24N2O5/c1-4-15-7-5-6-8-17(15)22-19(25)12-23(3)20(26)13-28-21(27)16-10-9-14(2)11-18(16)24/h5-11,24H,4,12-13H2,1-3H3,(H,22,25). The molecule has 2 aromatic carbocycles. The molecule has 0 spiro atoms. The molecule has 2 aromatic rings. The van der Waals surface area contributed by atoms with Crippen molar-refractivity contribution in [2.75, 3.05) is 25.5 Å². The van der Waals surface area contributed by atoms with Crippen molar-refractivity contribution in [3.05, 3.63) is 59.2 Å². The van der Waals surface area contributed by atoms with Gasteiger partial charge >= 0.3 is 5.97 Å². The zero-order valence-electron chi connectivity index (χ0n) is 16.2. The van der Waals surface area contributed by atoms with Crippen LogP contribution in [0.3, 0.4) is 0 Å². The Kier molecular flexibility index (Phi) is 7.14. The van der Waals surface area contributed by atoms with E-state index in [1.807, 2.05) is 25.1 Å². The van der Waals surface area contributed by atoms with Gasteiger partial charge in [0.15, 0.2) is 6.61 Å². The number of ether oxygens (including phenoxy) is 1. The number of phenols is 1. The molecule has 0 saturated carbocycles. The molecule has 28 heavy (non-hydrogen) atoms. The normalized spacial score (nSPS) is 10.2. The number of amides is 2. The van der Waals surface area contributed by atoms with E-state index in [9.17, 15) is 19.5 Å². The number of aromatic hydroxyl groups is 1. The maximum absolute atomic E-state index is 12.2. The number of anilines is 1. The van der Waals surface area contributed by atoms with E-state index in [1.165, 1.54) is 24.1 Å². The molecule has 0 atom stereocenters. The van der Waals surface area contributed by atoms with Gasteiger partial charge < -0.3 is 20.1 Å². The smallest absolute Gasteiger partial charge is 0.342 e. The summed E-state index contributed by atoms with van der Waals surface area (Å²) in [5, 5.41) is 12.6. The number of rotatable bonds is 7. The van der Waals surface area contributed by atoms with Gasteiger partial charge in [0.25, 0.3) is 5.91 Å². The van der Waals surface area contributed by atoms with E-state index in [4.69, 9.17) is 4.74 Å². The summed E-state index contributed by atoms with van der Waals surface area (Å²) in [6.45, 7) is 3.06. The van der Waals surface area contributed by atoms with Crippen molar-refractivity contribution in [1.82, 2.24) is 4.90 Å². The fourth-order valence-corrected chi connectivity index (χ4v) is 2.57. The lowest BCUT2D eigenvalue weighted by Crippen LogP contribution is -2.37. The van der Waals surface area contributed by atoms with E-state index >= 15 is 0 Å². The first-order chi connectivity index (χ1) is 13.3. The molecule has 148 valence electrons. The minimum atomic E-state index is -0.805. The van der Waals surface area contributed by atoms with Crippen LogP contribution in [-0.2, 0) is 20.7 Å².